The van der Waals surface area contributed by atoms with Crippen molar-refractivity contribution in [3.63, 3.8) is 0 Å². The van der Waals surface area contributed by atoms with Crippen LogP contribution in [0.2, 0.25) is 5.15 Å². The van der Waals surface area contributed by atoms with Gasteiger partial charge in [0.25, 0.3) is 0 Å². The van der Waals surface area contributed by atoms with Crippen LogP contribution >= 0.6 is 22.9 Å². The summed E-state index contributed by atoms with van der Waals surface area (Å²) in [7, 11) is 1.37. The van der Waals surface area contributed by atoms with Crippen molar-refractivity contribution in [2.24, 2.45) is 0 Å². The van der Waals surface area contributed by atoms with Crippen LogP contribution < -0.4 is 37.2 Å². The van der Waals surface area contributed by atoms with Crippen molar-refractivity contribution in [3.05, 3.63) is 152 Å². The minimum Gasteiger partial charge on any atom is -0.372 e. The Morgan fingerprint density at radius 2 is 1.03 bits per heavy atom. The van der Waals surface area contributed by atoms with Crippen LogP contribution in [0.3, 0.4) is 0 Å². The van der Waals surface area contributed by atoms with E-state index in [0.717, 1.165) is 118 Å². The maximum Gasteiger partial charge on any atom is 0.421 e. The van der Waals surface area contributed by atoms with Crippen molar-refractivity contribution in [2.45, 2.75) is 187 Å². The molecule has 1 amide bonds. The molecule has 612 valence electrons. The molecule has 11 aromatic rings. The lowest BCUT2D eigenvalue weighted by Crippen LogP contribution is -2.46. The van der Waals surface area contributed by atoms with Gasteiger partial charge in [-0.1, -0.05) is 24.9 Å². The van der Waals surface area contributed by atoms with Crippen LogP contribution in [-0.2, 0) is 48.9 Å². The van der Waals surface area contributed by atoms with E-state index in [1.807, 2.05) is 73.7 Å². The van der Waals surface area contributed by atoms with Crippen molar-refractivity contribution in [1.29, 1.82) is 0 Å². The number of likely N-dealkylation sites (tertiary alicyclic amines) is 1. The van der Waals surface area contributed by atoms with Crippen LogP contribution in [0.4, 0.5) is 117 Å². The Balaban J connectivity index is 0.000000134. The molecule has 0 aromatic carbocycles. The number of amides is 1. The van der Waals surface area contributed by atoms with Gasteiger partial charge in [0.15, 0.2) is 0 Å². The molecule has 30 nitrogen and oxygen atoms in total. The van der Waals surface area contributed by atoms with Gasteiger partial charge >= 0.3 is 24.7 Å². The fraction of sp³-hybridized carbons (Fsp3) is 0.465. The number of rotatable bonds is 21. The fourth-order valence-electron chi connectivity index (χ4n) is 14.2. The van der Waals surface area contributed by atoms with E-state index in [-0.39, 0.29) is 89.5 Å². The van der Waals surface area contributed by atoms with Gasteiger partial charge in [0.2, 0.25) is 29.7 Å². The summed E-state index contributed by atoms with van der Waals surface area (Å²) in [6, 6.07) is 3.06. The van der Waals surface area contributed by atoms with E-state index in [1.54, 1.807) is 74.0 Å². The van der Waals surface area contributed by atoms with Gasteiger partial charge in [-0.15, -0.1) is 11.3 Å². The lowest BCUT2D eigenvalue weighted by molar-refractivity contribution is -0.139. The molecule has 11 aromatic heterocycles. The molecule has 2 aliphatic heterocycles. The number of imidazole rings is 1. The number of carbonyl (C=O) groups excluding carboxylic acids is 1. The second kappa shape index (κ2) is 33.7. The lowest BCUT2D eigenvalue weighted by Gasteiger charge is -2.41. The number of hydrogen-bond acceptors (Lipinski definition) is 24. The second-order valence-corrected chi connectivity index (χ2v) is 29.0. The number of nitrogens with zero attached hydrogens (tertiary/aromatic N) is 22. The normalized spacial score (nSPS) is 18.4. The Bertz CT molecular complexity index is 5210. The second-order valence-electron chi connectivity index (χ2n) is 27.7. The Hall–Kier alpha value is -11.3. The average Bonchev–Trinajstić information content (AvgIpc) is 1.11. The van der Waals surface area contributed by atoms with Crippen LogP contribution in [0, 0.1) is 27.7 Å². The molecule has 0 bridgehead atoms. The Labute approximate surface area is 658 Å². The summed E-state index contributed by atoms with van der Waals surface area (Å²) in [5.41, 5.74) is 5.30. The van der Waals surface area contributed by atoms with Gasteiger partial charge < -0.3 is 46.7 Å². The molecule has 0 radical (unpaired) electrons. The summed E-state index contributed by atoms with van der Waals surface area (Å²) >= 11 is 7.74. The predicted molar refractivity (Wildman–Crippen MR) is 402 cm³/mol. The summed E-state index contributed by atoms with van der Waals surface area (Å²) in [4.78, 5) is 55.1. The highest BCUT2D eigenvalue weighted by atomic mass is 35.5. The molecule has 2 saturated carbocycles. The maximum absolute atomic E-state index is 13.1. The first-order chi connectivity index (χ1) is 54.8. The minimum absolute atomic E-state index is 0.00244. The van der Waals surface area contributed by atoms with E-state index in [2.05, 4.69) is 113 Å². The van der Waals surface area contributed by atoms with Gasteiger partial charge in [0, 0.05) is 89.1 Å². The van der Waals surface area contributed by atoms with Crippen LogP contribution in [0.25, 0.3) is 0 Å². The Morgan fingerprint density at radius 3 is 1.54 bits per heavy atom. The van der Waals surface area contributed by atoms with Crippen LogP contribution in [-0.4, -0.2) is 147 Å². The molecule has 1 saturated heterocycles. The molecular formula is C71H80ClF12N29OS. The predicted octanol–water partition coefficient (Wildman–Crippen LogP) is 15.8. The molecule has 5 aliphatic rings. The lowest BCUT2D eigenvalue weighted by atomic mass is 9.85. The van der Waals surface area contributed by atoms with Gasteiger partial charge in [0.1, 0.15) is 51.2 Å². The van der Waals surface area contributed by atoms with E-state index in [9.17, 15) is 57.5 Å². The number of halogens is 13. The van der Waals surface area contributed by atoms with E-state index in [0.29, 0.717) is 65.6 Å². The van der Waals surface area contributed by atoms with Gasteiger partial charge in [-0.3, -0.25) is 28.2 Å². The summed E-state index contributed by atoms with van der Waals surface area (Å²) in [5.74, 6) is 0.572. The van der Waals surface area contributed by atoms with Crippen molar-refractivity contribution in [1.82, 2.24) is 108 Å². The first-order valence-corrected chi connectivity index (χ1v) is 38.1. The monoisotopic (exact) mass is 1650 g/mol. The van der Waals surface area contributed by atoms with E-state index >= 15 is 0 Å². The van der Waals surface area contributed by atoms with E-state index in [1.165, 1.54) is 11.9 Å². The highest BCUT2D eigenvalue weighted by molar-refractivity contribution is 7.09. The zero-order chi connectivity index (χ0) is 82.0. The first kappa shape index (κ1) is 81.7. The molecule has 2 unspecified atom stereocenters. The average molecular weight is 1650 g/mol. The number of anilines is 11. The van der Waals surface area contributed by atoms with Crippen molar-refractivity contribution < 1.29 is 57.5 Å². The molecule has 7 N–H and O–H groups in total. The summed E-state index contributed by atoms with van der Waals surface area (Å²) in [5, 5.41) is 42.3. The molecule has 3 aliphatic carbocycles. The third-order valence-electron chi connectivity index (χ3n) is 20.2. The van der Waals surface area contributed by atoms with Crippen LogP contribution in [0.1, 0.15) is 176 Å². The summed E-state index contributed by atoms with van der Waals surface area (Å²) < 4.78 is 168. The summed E-state index contributed by atoms with van der Waals surface area (Å²) in [6.45, 7) is 14.9. The number of thiazole rings is 1. The number of hydrogen-bond donors (Lipinski definition) is 7. The van der Waals surface area contributed by atoms with Crippen molar-refractivity contribution in [2.75, 3.05) is 63.9 Å². The number of aryl methyl sites for hydroxylation is 3. The van der Waals surface area contributed by atoms with Gasteiger partial charge in [-0.05, 0) is 105 Å². The van der Waals surface area contributed by atoms with Gasteiger partial charge in [-0.2, -0.15) is 93.1 Å². The Morgan fingerprint density at radius 1 is 0.530 bits per heavy atom. The molecule has 16 rings (SSSR count). The maximum atomic E-state index is 13.1. The topological polar surface area (TPSA) is 327 Å². The number of alkyl halides is 12. The fourth-order valence-corrected chi connectivity index (χ4v) is 15.4. The first-order valence-electron chi connectivity index (χ1n) is 36.9. The van der Waals surface area contributed by atoms with Crippen LogP contribution in [0.15, 0.2) is 79.7 Å². The Kier molecular flexibility index (Phi) is 23.9. The van der Waals surface area contributed by atoms with E-state index < -0.39 is 47.0 Å². The molecule has 13 heterocycles. The number of nitrogens with one attached hydrogen (secondary N) is 7. The van der Waals surface area contributed by atoms with Crippen LogP contribution in [0.5, 0.6) is 0 Å². The summed E-state index contributed by atoms with van der Waals surface area (Å²) in [6.07, 6.45) is 5.69. The number of aromatic nitrogens is 21. The molecule has 115 heavy (non-hydrogen) atoms. The molecule has 0 spiro atoms. The highest BCUT2D eigenvalue weighted by Crippen LogP contribution is 2.45. The molecule has 2 atom stereocenters. The number of carbonyl (C=O) groups is 1. The molecule has 3 fully saturated rings. The zero-order valence-electron chi connectivity index (χ0n) is 63.1. The van der Waals surface area contributed by atoms with Gasteiger partial charge in [0.05, 0.1) is 122 Å². The molecular weight excluding hydrogens is 1570 g/mol. The third kappa shape index (κ3) is 18.0. The van der Waals surface area contributed by atoms with E-state index in [4.69, 9.17) is 11.6 Å². The largest absolute Gasteiger partial charge is 0.421 e. The number of fused-ring (bicyclic) bond motifs is 2. The quantitative estimate of drug-likeness (QED) is 0.0329. The third-order valence-corrected chi connectivity index (χ3v) is 21.5. The van der Waals surface area contributed by atoms with Crippen molar-refractivity contribution >= 4 is 92.8 Å². The van der Waals surface area contributed by atoms with Crippen molar-refractivity contribution in [3.8, 4) is 0 Å². The standard InChI is InChI=1S/C19H24F3N7O.C18H21F3N8.C18H19F3N6S.C16H16ClF3N8/c1-3-23-17-14(19(20,21)22)9-24-18(27-17)26-15-10-25-29(11(15)2)13-7-12(8-13)28-6-4-5-16(28)30;1-3-22-16-14(18(19,20)21)9-23-17(27-16)26-15-10-25-29(11(15)2)13-7-12(8-13)28-6-4-5-24-28;1-3-4-12-11(18(19,20)21)7-22-17(25-12)26-14-8-24-27(10(14)2)15-6-5-13-16(15)28-9-23-13;1-8-10(24-15-23-5-9(16(18,19)20)13(21-2)25-15)7-28(26-8)11-3-4-27-12(17)6-22-14(11)27/h9-10,12-13H,3-8H2,1-2H3,(H2,23,24,26,27);4-6,9-10,12-13H,3,7-8H2,1-2H3,(H2,22,23,26,27);7-9,15H,3-6H2,1-2H3,(H,22,25,26);5-7,11H,3-4H2,1-2H3,(H2,21,23,24,25). The highest BCUT2D eigenvalue weighted by Gasteiger charge is 2.43. The minimum atomic E-state index is -4.54. The smallest absolute Gasteiger partial charge is 0.372 e. The SMILES string of the molecule is CCCc1nc(Nc2cnn(C3CCc4ncsc43)c2C)ncc1C(F)(F)F.CCNc1nc(Nc2cnn(C3CC(N4CCCC4=O)C3)c2C)ncc1C(F)(F)F.CCNc1nc(Nc2cnn(C3CC(n4cccn4)C3)c2C)ncc1C(F)(F)F.CNc1nc(Nc2cn(C3CCn4c(Cl)cnc43)nc2C)ncc1C(F)(F)F. The molecule has 44 heteroatoms. The van der Waals surface area contributed by atoms with Gasteiger partial charge in [-0.25, -0.2) is 34.9 Å². The zero-order valence-corrected chi connectivity index (χ0v) is 64.7.